The van der Waals surface area contributed by atoms with Crippen molar-refractivity contribution in [3.8, 4) is 0 Å². The number of halogens is 2. The Balaban J connectivity index is 3.34. The fourth-order valence-corrected chi connectivity index (χ4v) is 1.86. The molecule has 0 saturated heterocycles. The summed E-state index contributed by atoms with van der Waals surface area (Å²) in [5.41, 5.74) is 1.20. The maximum atomic E-state index is 11.2. The van der Waals surface area contributed by atoms with E-state index in [2.05, 4.69) is 20.9 Å². The molecule has 0 spiro atoms. The lowest BCUT2D eigenvalue weighted by atomic mass is 10.0. The minimum Gasteiger partial charge on any atom is -0.281 e. The van der Waals surface area contributed by atoms with E-state index < -0.39 is 0 Å². The largest absolute Gasteiger partial charge is 0.281 e. The second-order valence-corrected chi connectivity index (χ2v) is 4.11. The van der Waals surface area contributed by atoms with Crippen LogP contribution in [0.2, 0.25) is 5.02 Å². The number of carbonyl (C=O) groups is 1. The third-order valence-electron chi connectivity index (χ3n) is 1.67. The second-order valence-electron chi connectivity index (χ2n) is 2.98. The number of hydrogen-bond acceptors (Lipinski definition) is 2. The molecule has 1 aromatic rings. The molecule has 0 aliphatic rings. The average Bonchev–Trinajstić information content (AvgIpc) is 2.02. The van der Waals surface area contributed by atoms with Crippen molar-refractivity contribution in [2.24, 2.45) is 0 Å². The van der Waals surface area contributed by atoms with Gasteiger partial charge in [-0.05, 0) is 27.9 Å². The molecule has 1 aromatic heterocycles. The van der Waals surface area contributed by atoms with Crippen LogP contribution in [0.15, 0.2) is 12.3 Å². The Morgan fingerprint density at radius 1 is 1.62 bits per heavy atom. The normalized spacial score (nSPS) is 10.5. The maximum absolute atomic E-state index is 11.2. The zero-order valence-corrected chi connectivity index (χ0v) is 9.69. The van der Waals surface area contributed by atoms with Crippen LogP contribution in [0.5, 0.6) is 0 Å². The van der Waals surface area contributed by atoms with E-state index in [1.54, 1.807) is 12.3 Å². The molecule has 0 aromatic carbocycles. The Hall–Kier alpha value is -0.410. The topological polar surface area (TPSA) is 30.0 Å². The molecule has 4 heteroatoms. The lowest BCUT2D eigenvalue weighted by Gasteiger charge is -2.09. The third-order valence-corrected chi connectivity index (χ3v) is 2.38. The predicted octanol–water partition coefficient (Wildman–Crippen LogP) is 3.39. The van der Waals surface area contributed by atoms with E-state index >= 15 is 0 Å². The highest BCUT2D eigenvalue weighted by atomic mass is 79.9. The van der Waals surface area contributed by atoms with Gasteiger partial charge in [0.25, 0.3) is 0 Å². The SMILES string of the molecule is CC(C)c1nccc(Cl)c1C(=O)Br. The van der Waals surface area contributed by atoms with Crippen molar-refractivity contribution in [1.82, 2.24) is 4.98 Å². The van der Waals surface area contributed by atoms with Gasteiger partial charge in [0, 0.05) is 6.20 Å². The summed E-state index contributed by atoms with van der Waals surface area (Å²) in [6, 6.07) is 1.61. The van der Waals surface area contributed by atoms with Gasteiger partial charge in [0.05, 0.1) is 16.3 Å². The van der Waals surface area contributed by atoms with Crippen molar-refractivity contribution in [1.29, 1.82) is 0 Å². The first-order valence-corrected chi connectivity index (χ1v) is 5.05. The summed E-state index contributed by atoms with van der Waals surface area (Å²) in [5.74, 6) is 0.190. The van der Waals surface area contributed by atoms with E-state index in [4.69, 9.17) is 11.6 Å². The molecule has 0 N–H and O–H groups in total. The Labute approximate surface area is 90.4 Å². The Bertz CT molecular complexity index is 338. The van der Waals surface area contributed by atoms with Crippen LogP contribution < -0.4 is 0 Å². The van der Waals surface area contributed by atoms with Gasteiger partial charge in [0.1, 0.15) is 0 Å². The maximum Gasteiger partial charge on any atom is 0.231 e. The molecule has 13 heavy (non-hydrogen) atoms. The molecule has 70 valence electrons. The summed E-state index contributed by atoms with van der Waals surface area (Å²) in [5, 5.41) is 0.445. The molecule has 0 unspecified atom stereocenters. The van der Waals surface area contributed by atoms with Crippen molar-refractivity contribution in [3.63, 3.8) is 0 Å². The quantitative estimate of drug-likeness (QED) is 0.765. The molecule has 0 atom stereocenters. The van der Waals surface area contributed by atoms with Gasteiger partial charge in [-0.1, -0.05) is 25.4 Å². The smallest absolute Gasteiger partial charge is 0.231 e. The number of nitrogens with zero attached hydrogens (tertiary/aromatic N) is 1. The first-order valence-electron chi connectivity index (χ1n) is 3.88. The third kappa shape index (κ3) is 2.29. The zero-order chi connectivity index (χ0) is 10.0. The summed E-state index contributed by atoms with van der Waals surface area (Å²) in [6.45, 7) is 3.94. The lowest BCUT2D eigenvalue weighted by Crippen LogP contribution is -2.03. The van der Waals surface area contributed by atoms with Crippen LogP contribution in [0, 0.1) is 0 Å². The summed E-state index contributed by atoms with van der Waals surface area (Å²) in [4.78, 5) is 15.3. The van der Waals surface area contributed by atoms with Crippen LogP contribution in [0.1, 0.15) is 35.8 Å². The van der Waals surface area contributed by atoms with Crippen molar-refractivity contribution < 1.29 is 4.79 Å². The molecule has 0 aliphatic heterocycles. The minimum absolute atomic E-state index is 0.190. The summed E-state index contributed by atoms with van der Waals surface area (Å²) < 4.78 is -0.214. The molecule has 0 aliphatic carbocycles. The predicted molar refractivity (Wildman–Crippen MR) is 56.6 cm³/mol. The molecule has 1 rings (SSSR count). The van der Waals surface area contributed by atoms with Crippen molar-refractivity contribution in [3.05, 3.63) is 28.5 Å². The highest BCUT2D eigenvalue weighted by Gasteiger charge is 2.16. The number of aromatic nitrogens is 1. The number of rotatable bonds is 2. The van der Waals surface area contributed by atoms with Gasteiger partial charge in [-0.2, -0.15) is 0 Å². The molecular formula is C9H9BrClNO. The fraction of sp³-hybridized carbons (Fsp3) is 0.333. The van der Waals surface area contributed by atoms with Crippen molar-refractivity contribution >= 4 is 32.2 Å². The Morgan fingerprint density at radius 3 is 2.62 bits per heavy atom. The van der Waals surface area contributed by atoms with Gasteiger partial charge in [0.2, 0.25) is 4.69 Å². The van der Waals surface area contributed by atoms with Crippen LogP contribution in [-0.2, 0) is 0 Å². The van der Waals surface area contributed by atoms with E-state index in [1.807, 2.05) is 13.8 Å². The van der Waals surface area contributed by atoms with Crippen LogP contribution in [-0.4, -0.2) is 9.68 Å². The van der Waals surface area contributed by atoms with Gasteiger partial charge >= 0.3 is 0 Å². The van der Waals surface area contributed by atoms with Crippen LogP contribution in [0.3, 0.4) is 0 Å². The molecule has 0 saturated carbocycles. The number of carbonyl (C=O) groups excluding carboxylic acids is 1. The van der Waals surface area contributed by atoms with E-state index in [0.717, 1.165) is 5.69 Å². The first kappa shape index (κ1) is 10.7. The molecule has 0 amide bonds. The summed E-state index contributed by atoms with van der Waals surface area (Å²) in [6.07, 6.45) is 1.61. The molecule has 0 fully saturated rings. The van der Waals surface area contributed by atoms with Gasteiger partial charge in [-0.25, -0.2) is 0 Å². The van der Waals surface area contributed by atoms with Crippen molar-refractivity contribution in [2.45, 2.75) is 19.8 Å². The Kier molecular flexibility index (Phi) is 3.45. The van der Waals surface area contributed by atoms with Gasteiger partial charge in [-0.3, -0.25) is 9.78 Å². The van der Waals surface area contributed by atoms with E-state index in [9.17, 15) is 4.79 Å². The van der Waals surface area contributed by atoms with Gasteiger partial charge in [-0.15, -0.1) is 0 Å². The zero-order valence-electron chi connectivity index (χ0n) is 7.34. The van der Waals surface area contributed by atoms with Gasteiger partial charge in [0.15, 0.2) is 0 Å². The summed E-state index contributed by atoms with van der Waals surface area (Å²) in [7, 11) is 0. The van der Waals surface area contributed by atoms with Crippen LogP contribution in [0.4, 0.5) is 0 Å². The average molecular weight is 263 g/mol. The highest BCUT2D eigenvalue weighted by molar-refractivity contribution is 9.18. The molecule has 0 radical (unpaired) electrons. The second kappa shape index (κ2) is 4.20. The van der Waals surface area contributed by atoms with Gasteiger partial charge < -0.3 is 0 Å². The van der Waals surface area contributed by atoms with Crippen LogP contribution >= 0.6 is 27.5 Å². The standard InChI is InChI=1S/C9H9BrClNO/c1-5(2)8-7(9(10)13)6(11)3-4-12-8/h3-5H,1-2H3. The number of pyridine rings is 1. The molecule has 0 bridgehead atoms. The first-order chi connectivity index (χ1) is 6.04. The monoisotopic (exact) mass is 261 g/mol. The minimum atomic E-state index is -0.214. The van der Waals surface area contributed by atoms with E-state index in [-0.39, 0.29) is 10.6 Å². The molecule has 1 heterocycles. The molecular weight excluding hydrogens is 253 g/mol. The highest BCUT2D eigenvalue weighted by Crippen LogP contribution is 2.25. The van der Waals surface area contributed by atoms with E-state index in [1.165, 1.54) is 0 Å². The lowest BCUT2D eigenvalue weighted by molar-refractivity contribution is 0.109. The number of hydrogen-bond donors (Lipinski definition) is 0. The van der Waals surface area contributed by atoms with Crippen molar-refractivity contribution in [2.75, 3.05) is 0 Å². The summed E-state index contributed by atoms with van der Waals surface area (Å²) >= 11 is 8.77. The Morgan fingerprint density at radius 2 is 2.23 bits per heavy atom. The van der Waals surface area contributed by atoms with Crippen LogP contribution in [0.25, 0.3) is 0 Å². The molecule has 2 nitrogen and oxygen atoms in total. The van der Waals surface area contributed by atoms with E-state index in [0.29, 0.717) is 10.6 Å². The fourth-order valence-electron chi connectivity index (χ4n) is 1.09.